The fraction of sp³-hybridized carbons (Fsp3) is 0.100. The number of nitro benzene ring substituents is 1. The van der Waals surface area contributed by atoms with Crippen molar-refractivity contribution in [2.45, 2.75) is 13.2 Å². The second-order valence-electron chi connectivity index (χ2n) is 5.96. The van der Waals surface area contributed by atoms with Gasteiger partial charge in [0.15, 0.2) is 5.75 Å². The Balaban J connectivity index is 1.64. The summed E-state index contributed by atoms with van der Waals surface area (Å²) in [7, 11) is 0. The van der Waals surface area contributed by atoms with Crippen molar-refractivity contribution in [3.05, 3.63) is 96.4 Å². The lowest BCUT2D eigenvalue weighted by Crippen LogP contribution is -2.01. The van der Waals surface area contributed by atoms with Gasteiger partial charge < -0.3 is 10.1 Å². The Labute approximate surface area is 180 Å². The SMILES string of the molecule is O=[N+]([O-])c1ccc(COc2c(Cl)cc(CNc3ccc(Br)cc3)cc2Cl)cc1. The molecule has 3 aromatic carbocycles. The maximum absolute atomic E-state index is 10.7. The van der Waals surface area contributed by atoms with Crippen LogP contribution >= 0.6 is 39.1 Å². The van der Waals surface area contributed by atoms with Crippen LogP contribution in [-0.2, 0) is 13.2 Å². The van der Waals surface area contributed by atoms with Crippen LogP contribution in [0.15, 0.2) is 65.1 Å². The largest absolute Gasteiger partial charge is 0.486 e. The second-order valence-corrected chi connectivity index (χ2v) is 7.69. The number of ether oxygens (including phenoxy) is 1. The quantitative estimate of drug-likeness (QED) is 0.296. The Morgan fingerprint density at radius 3 is 2.14 bits per heavy atom. The third-order valence-electron chi connectivity index (χ3n) is 3.93. The van der Waals surface area contributed by atoms with Gasteiger partial charge in [0.05, 0.1) is 15.0 Å². The van der Waals surface area contributed by atoms with Gasteiger partial charge in [-0.05, 0) is 59.7 Å². The minimum absolute atomic E-state index is 0.0300. The summed E-state index contributed by atoms with van der Waals surface area (Å²) in [6.45, 7) is 0.762. The lowest BCUT2D eigenvalue weighted by Gasteiger charge is -2.13. The summed E-state index contributed by atoms with van der Waals surface area (Å²) in [5, 5.41) is 14.8. The van der Waals surface area contributed by atoms with Gasteiger partial charge in [-0.3, -0.25) is 10.1 Å². The first kappa shape index (κ1) is 20.5. The van der Waals surface area contributed by atoms with Crippen LogP contribution in [0.4, 0.5) is 11.4 Å². The van der Waals surface area contributed by atoms with Gasteiger partial charge in [0, 0.05) is 28.8 Å². The average Bonchev–Trinajstić information content (AvgIpc) is 2.67. The molecule has 3 rings (SSSR count). The Hall–Kier alpha value is -2.28. The highest BCUT2D eigenvalue weighted by Crippen LogP contribution is 2.35. The number of anilines is 1. The number of non-ortho nitro benzene ring substituents is 1. The van der Waals surface area contributed by atoms with Crippen LogP contribution in [0.1, 0.15) is 11.1 Å². The van der Waals surface area contributed by atoms with Crippen LogP contribution in [-0.4, -0.2) is 4.92 Å². The van der Waals surface area contributed by atoms with E-state index in [1.165, 1.54) is 12.1 Å². The molecule has 0 atom stereocenters. The van der Waals surface area contributed by atoms with Crippen molar-refractivity contribution >= 4 is 50.5 Å². The summed E-state index contributed by atoms with van der Waals surface area (Å²) < 4.78 is 6.74. The highest BCUT2D eigenvalue weighted by atomic mass is 79.9. The molecule has 0 spiro atoms. The van der Waals surface area contributed by atoms with Crippen molar-refractivity contribution in [1.82, 2.24) is 0 Å². The molecule has 5 nitrogen and oxygen atoms in total. The predicted octanol–water partition coefficient (Wildman–Crippen LogP) is 6.86. The lowest BCUT2D eigenvalue weighted by atomic mass is 10.2. The Morgan fingerprint density at radius 1 is 0.964 bits per heavy atom. The first-order valence-electron chi connectivity index (χ1n) is 8.26. The fourth-order valence-electron chi connectivity index (χ4n) is 2.49. The normalized spacial score (nSPS) is 10.5. The van der Waals surface area contributed by atoms with Gasteiger partial charge in [-0.2, -0.15) is 0 Å². The molecule has 3 aromatic rings. The Bertz CT molecular complexity index is 957. The summed E-state index contributed by atoms with van der Waals surface area (Å²) in [6.07, 6.45) is 0. The van der Waals surface area contributed by atoms with Gasteiger partial charge >= 0.3 is 0 Å². The van der Waals surface area contributed by atoms with E-state index >= 15 is 0 Å². The molecular formula is C20H15BrCl2N2O3. The van der Waals surface area contributed by atoms with Gasteiger partial charge in [-0.1, -0.05) is 39.1 Å². The van der Waals surface area contributed by atoms with Gasteiger partial charge in [-0.15, -0.1) is 0 Å². The molecule has 0 bridgehead atoms. The Morgan fingerprint density at radius 2 is 1.57 bits per heavy atom. The number of benzene rings is 3. The summed E-state index contributed by atoms with van der Waals surface area (Å²) in [5.74, 6) is 0.383. The molecule has 0 aliphatic rings. The van der Waals surface area contributed by atoms with Crippen molar-refractivity contribution in [3.8, 4) is 5.75 Å². The topological polar surface area (TPSA) is 64.4 Å². The number of hydrogen-bond acceptors (Lipinski definition) is 4. The van der Waals surface area contributed by atoms with E-state index in [9.17, 15) is 10.1 Å². The molecule has 1 N–H and O–H groups in total. The van der Waals surface area contributed by atoms with Crippen LogP contribution < -0.4 is 10.1 Å². The lowest BCUT2D eigenvalue weighted by molar-refractivity contribution is -0.384. The van der Waals surface area contributed by atoms with E-state index in [1.54, 1.807) is 24.3 Å². The highest BCUT2D eigenvalue weighted by molar-refractivity contribution is 9.10. The summed E-state index contributed by atoms with van der Waals surface area (Å²) in [6, 6.07) is 17.6. The van der Waals surface area contributed by atoms with Gasteiger partial charge in [0.25, 0.3) is 5.69 Å². The molecule has 0 amide bonds. The zero-order valence-corrected chi connectivity index (χ0v) is 17.6. The summed E-state index contributed by atoms with van der Waals surface area (Å²) >= 11 is 16.1. The molecule has 0 saturated heterocycles. The van der Waals surface area contributed by atoms with E-state index in [4.69, 9.17) is 27.9 Å². The number of nitrogens with zero attached hydrogens (tertiary/aromatic N) is 1. The van der Waals surface area contributed by atoms with Crippen LogP contribution in [0.3, 0.4) is 0 Å². The number of nitrogens with one attached hydrogen (secondary N) is 1. The van der Waals surface area contributed by atoms with Crippen LogP contribution in [0.2, 0.25) is 10.0 Å². The van der Waals surface area contributed by atoms with Crippen molar-refractivity contribution in [2.75, 3.05) is 5.32 Å². The van der Waals surface area contributed by atoms with Gasteiger partial charge in [0.1, 0.15) is 6.61 Å². The smallest absolute Gasteiger partial charge is 0.269 e. The third-order valence-corrected chi connectivity index (χ3v) is 5.02. The van der Waals surface area contributed by atoms with Crippen molar-refractivity contribution < 1.29 is 9.66 Å². The van der Waals surface area contributed by atoms with Crippen molar-refractivity contribution in [2.24, 2.45) is 0 Å². The van der Waals surface area contributed by atoms with Crippen molar-refractivity contribution in [3.63, 3.8) is 0 Å². The number of halogens is 3. The molecule has 0 saturated carbocycles. The molecule has 0 unspecified atom stereocenters. The molecule has 144 valence electrons. The number of hydrogen-bond donors (Lipinski definition) is 1. The van der Waals surface area contributed by atoms with E-state index in [-0.39, 0.29) is 12.3 Å². The molecule has 0 aliphatic heterocycles. The van der Waals surface area contributed by atoms with Gasteiger partial charge in [-0.25, -0.2) is 0 Å². The van der Waals surface area contributed by atoms with Crippen LogP contribution in [0, 0.1) is 10.1 Å². The van der Waals surface area contributed by atoms with E-state index in [0.717, 1.165) is 21.3 Å². The maximum Gasteiger partial charge on any atom is 0.269 e. The molecule has 0 aromatic heterocycles. The van der Waals surface area contributed by atoms with Gasteiger partial charge in [0.2, 0.25) is 0 Å². The highest BCUT2D eigenvalue weighted by Gasteiger charge is 2.11. The summed E-state index contributed by atoms with van der Waals surface area (Å²) in [5.41, 5.74) is 2.70. The average molecular weight is 482 g/mol. The summed E-state index contributed by atoms with van der Waals surface area (Å²) in [4.78, 5) is 10.3. The minimum atomic E-state index is -0.445. The molecule has 0 heterocycles. The van der Waals surface area contributed by atoms with Crippen molar-refractivity contribution in [1.29, 1.82) is 0 Å². The number of nitro groups is 1. The van der Waals surface area contributed by atoms with Crippen LogP contribution in [0.25, 0.3) is 0 Å². The second kappa shape index (κ2) is 9.28. The molecule has 0 fully saturated rings. The molecular weight excluding hydrogens is 467 g/mol. The van der Waals surface area contributed by atoms with E-state index in [1.807, 2.05) is 24.3 Å². The fourth-order valence-corrected chi connectivity index (χ4v) is 3.40. The monoisotopic (exact) mass is 480 g/mol. The standard InChI is InChI=1S/C20H15BrCl2N2O3/c21-15-3-5-16(6-4-15)24-11-14-9-18(22)20(19(23)10-14)28-12-13-1-7-17(8-2-13)25(26)27/h1-10,24H,11-12H2. The van der Waals surface area contributed by atoms with Crippen LogP contribution in [0.5, 0.6) is 5.75 Å². The predicted molar refractivity (Wildman–Crippen MR) is 115 cm³/mol. The molecule has 28 heavy (non-hydrogen) atoms. The molecule has 0 radical (unpaired) electrons. The van der Waals surface area contributed by atoms with E-state index < -0.39 is 4.92 Å². The van der Waals surface area contributed by atoms with E-state index in [2.05, 4.69) is 21.2 Å². The first-order valence-corrected chi connectivity index (χ1v) is 9.81. The number of rotatable bonds is 7. The minimum Gasteiger partial charge on any atom is -0.486 e. The third kappa shape index (κ3) is 5.38. The zero-order valence-electron chi connectivity index (χ0n) is 14.5. The molecule has 8 heteroatoms. The van der Waals surface area contributed by atoms with E-state index in [0.29, 0.717) is 22.3 Å². The maximum atomic E-state index is 10.7. The Kier molecular flexibility index (Phi) is 6.78. The first-order chi connectivity index (χ1) is 13.4. The zero-order chi connectivity index (χ0) is 20.1. The molecule has 0 aliphatic carbocycles.